The molecular formula is C12H17N3O3. The van der Waals surface area contributed by atoms with Crippen LogP contribution in [0.25, 0.3) is 11.0 Å². The van der Waals surface area contributed by atoms with E-state index in [0.29, 0.717) is 6.42 Å². The molecule has 6 nitrogen and oxygen atoms in total. The van der Waals surface area contributed by atoms with Crippen LogP contribution in [0.2, 0.25) is 0 Å². The maximum absolute atomic E-state index is 5.44. The predicted molar refractivity (Wildman–Crippen MR) is 66.0 cm³/mol. The van der Waals surface area contributed by atoms with Crippen LogP contribution in [0.1, 0.15) is 12.6 Å². The van der Waals surface area contributed by atoms with Crippen LogP contribution in [-0.4, -0.2) is 42.6 Å². The highest BCUT2D eigenvalue weighted by Crippen LogP contribution is 2.20. The maximum Gasteiger partial charge on any atom is 0.161 e. The van der Waals surface area contributed by atoms with Gasteiger partial charge < -0.3 is 14.2 Å². The molecule has 0 amide bonds. The van der Waals surface area contributed by atoms with Gasteiger partial charge in [0.2, 0.25) is 0 Å². The fourth-order valence-corrected chi connectivity index (χ4v) is 1.85. The summed E-state index contributed by atoms with van der Waals surface area (Å²) in [6.07, 6.45) is -0.0724. The summed E-state index contributed by atoms with van der Waals surface area (Å²) in [4.78, 5) is 0. The predicted octanol–water partition coefficient (Wildman–Crippen LogP) is 1.59. The van der Waals surface area contributed by atoms with Crippen molar-refractivity contribution < 1.29 is 14.2 Å². The van der Waals surface area contributed by atoms with Crippen LogP contribution in [0.15, 0.2) is 24.3 Å². The first-order chi connectivity index (χ1) is 8.80. The number of nitrogens with zero attached hydrogens (tertiary/aromatic N) is 3. The normalized spacial score (nSPS) is 13.3. The van der Waals surface area contributed by atoms with Crippen molar-refractivity contribution in [2.24, 2.45) is 0 Å². The zero-order valence-electron chi connectivity index (χ0n) is 10.7. The second-order valence-corrected chi connectivity index (χ2v) is 3.85. The number of rotatable bonds is 6. The van der Waals surface area contributed by atoms with Crippen molar-refractivity contribution in [2.75, 3.05) is 21.3 Å². The van der Waals surface area contributed by atoms with Gasteiger partial charge in [-0.25, -0.2) is 4.68 Å². The van der Waals surface area contributed by atoms with E-state index in [2.05, 4.69) is 10.3 Å². The Balaban J connectivity index is 2.26. The molecule has 0 aliphatic heterocycles. The highest BCUT2D eigenvalue weighted by atomic mass is 16.7. The van der Waals surface area contributed by atoms with Crippen molar-refractivity contribution in [2.45, 2.75) is 18.9 Å². The topological polar surface area (TPSA) is 58.4 Å². The molecule has 0 bridgehead atoms. The smallest absolute Gasteiger partial charge is 0.161 e. The summed E-state index contributed by atoms with van der Waals surface area (Å²) < 4.78 is 17.5. The Bertz CT molecular complexity index is 496. The van der Waals surface area contributed by atoms with Crippen molar-refractivity contribution in [3.05, 3.63) is 24.3 Å². The second-order valence-electron chi connectivity index (χ2n) is 3.85. The van der Waals surface area contributed by atoms with Crippen LogP contribution in [0.4, 0.5) is 0 Å². The minimum absolute atomic E-state index is 0.276. The van der Waals surface area contributed by atoms with E-state index in [1.54, 1.807) is 26.0 Å². The Kier molecular flexibility index (Phi) is 4.24. The highest BCUT2D eigenvalue weighted by Gasteiger charge is 2.19. The van der Waals surface area contributed by atoms with E-state index in [-0.39, 0.29) is 12.5 Å². The van der Waals surface area contributed by atoms with Crippen LogP contribution in [-0.2, 0) is 14.2 Å². The molecule has 0 aliphatic rings. The summed E-state index contributed by atoms with van der Waals surface area (Å²) in [6.45, 7) is 0. The summed E-state index contributed by atoms with van der Waals surface area (Å²) in [5.74, 6) is 0. The van der Waals surface area contributed by atoms with E-state index in [0.717, 1.165) is 11.0 Å². The van der Waals surface area contributed by atoms with Gasteiger partial charge in [-0.2, -0.15) is 0 Å². The van der Waals surface area contributed by atoms with Gasteiger partial charge in [0, 0.05) is 27.8 Å². The van der Waals surface area contributed by atoms with Gasteiger partial charge in [-0.15, -0.1) is 5.10 Å². The molecular weight excluding hydrogens is 234 g/mol. The van der Waals surface area contributed by atoms with Crippen molar-refractivity contribution in [3.63, 3.8) is 0 Å². The number of aromatic nitrogens is 3. The van der Waals surface area contributed by atoms with E-state index >= 15 is 0 Å². The molecule has 0 saturated carbocycles. The van der Waals surface area contributed by atoms with Gasteiger partial charge in [0.15, 0.2) is 12.5 Å². The quantitative estimate of drug-likeness (QED) is 0.730. The molecule has 18 heavy (non-hydrogen) atoms. The largest absolute Gasteiger partial charge is 0.359 e. The van der Waals surface area contributed by atoms with Crippen LogP contribution >= 0.6 is 0 Å². The van der Waals surface area contributed by atoms with E-state index in [1.807, 2.05) is 24.3 Å². The number of methoxy groups -OCH3 is 3. The molecule has 0 radical (unpaired) electrons. The highest BCUT2D eigenvalue weighted by molar-refractivity contribution is 5.73. The molecule has 2 rings (SSSR count). The van der Waals surface area contributed by atoms with E-state index < -0.39 is 0 Å². The Morgan fingerprint density at radius 2 is 1.83 bits per heavy atom. The molecule has 1 atom stereocenters. The first-order valence-electron chi connectivity index (χ1n) is 5.68. The molecule has 1 aromatic carbocycles. The van der Waals surface area contributed by atoms with Crippen molar-refractivity contribution in [1.29, 1.82) is 0 Å². The fraction of sp³-hybridized carbons (Fsp3) is 0.500. The zero-order valence-corrected chi connectivity index (χ0v) is 10.7. The van der Waals surface area contributed by atoms with Gasteiger partial charge in [0.1, 0.15) is 5.52 Å². The first-order valence-corrected chi connectivity index (χ1v) is 5.68. The number of fused-ring (bicyclic) bond motifs is 1. The minimum Gasteiger partial charge on any atom is -0.359 e. The van der Waals surface area contributed by atoms with Crippen LogP contribution in [0, 0.1) is 0 Å². The van der Waals surface area contributed by atoms with Gasteiger partial charge in [-0.1, -0.05) is 17.3 Å². The molecule has 1 unspecified atom stereocenters. The summed E-state index contributed by atoms with van der Waals surface area (Å²) in [5, 5.41) is 8.22. The van der Waals surface area contributed by atoms with Gasteiger partial charge >= 0.3 is 0 Å². The lowest BCUT2D eigenvalue weighted by Crippen LogP contribution is -2.22. The molecule has 0 aliphatic carbocycles. The Hall–Kier alpha value is -1.50. The minimum atomic E-state index is -0.335. The summed E-state index contributed by atoms with van der Waals surface area (Å²) in [6, 6.07) is 7.74. The molecule has 6 heteroatoms. The van der Waals surface area contributed by atoms with Gasteiger partial charge in [-0.3, -0.25) is 0 Å². The lowest BCUT2D eigenvalue weighted by atomic mass is 10.3. The monoisotopic (exact) mass is 251 g/mol. The van der Waals surface area contributed by atoms with Crippen molar-refractivity contribution in [1.82, 2.24) is 15.0 Å². The third-order valence-corrected chi connectivity index (χ3v) is 2.84. The maximum atomic E-state index is 5.44. The molecule has 98 valence electrons. The SMILES string of the molecule is COC(CC(OC)n1nnc2ccccc21)OC. The van der Waals surface area contributed by atoms with E-state index in [4.69, 9.17) is 14.2 Å². The molecule has 1 heterocycles. The van der Waals surface area contributed by atoms with Crippen LogP contribution in [0.3, 0.4) is 0 Å². The molecule has 0 spiro atoms. The summed E-state index contributed by atoms with van der Waals surface area (Å²) >= 11 is 0. The number of hydrogen-bond acceptors (Lipinski definition) is 5. The number of hydrogen-bond donors (Lipinski definition) is 0. The Morgan fingerprint density at radius 3 is 2.50 bits per heavy atom. The van der Waals surface area contributed by atoms with Gasteiger partial charge in [-0.05, 0) is 12.1 Å². The van der Waals surface area contributed by atoms with E-state index in [1.165, 1.54) is 0 Å². The molecule has 0 fully saturated rings. The molecule has 0 saturated heterocycles. The van der Waals surface area contributed by atoms with Crippen molar-refractivity contribution in [3.8, 4) is 0 Å². The Morgan fingerprint density at radius 1 is 1.11 bits per heavy atom. The molecule has 2 aromatic rings. The lowest BCUT2D eigenvalue weighted by Gasteiger charge is -2.20. The van der Waals surface area contributed by atoms with Crippen LogP contribution < -0.4 is 0 Å². The number of benzene rings is 1. The fourth-order valence-electron chi connectivity index (χ4n) is 1.85. The summed E-state index contributed by atoms with van der Waals surface area (Å²) in [7, 11) is 4.82. The lowest BCUT2D eigenvalue weighted by molar-refractivity contribution is -0.138. The second kappa shape index (κ2) is 5.90. The first kappa shape index (κ1) is 12.9. The average Bonchev–Trinajstić information content (AvgIpc) is 2.84. The third-order valence-electron chi connectivity index (χ3n) is 2.84. The van der Waals surface area contributed by atoms with E-state index in [9.17, 15) is 0 Å². The summed E-state index contributed by atoms with van der Waals surface area (Å²) in [5.41, 5.74) is 1.77. The Labute approximate surface area is 105 Å². The van der Waals surface area contributed by atoms with Gasteiger partial charge in [0.05, 0.1) is 5.52 Å². The number of para-hydroxylation sites is 1. The van der Waals surface area contributed by atoms with Crippen molar-refractivity contribution >= 4 is 11.0 Å². The van der Waals surface area contributed by atoms with Gasteiger partial charge in [0.25, 0.3) is 0 Å². The molecule has 1 aromatic heterocycles. The third kappa shape index (κ3) is 2.50. The standard InChI is InChI=1S/C12H17N3O3/c1-16-11(8-12(17-2)18-3)15-10-7-5-4-6-9(10)13-14-15/h4-7,11-12H,8H2,1-3H3. The molecule has 0 N–H and O–H groups in total. The number of ether oxygens (including phenoxy) is 3. The van der Waals surface area contributed by atoms with Crippen LogP contribution in [0.5, 0.6) is 0 Å². The average molecular weight is 251 g/mol. The zero-order chi connectivity index (χ0) is 13.0.